The van der Waals surface area contributed by atoms with Gasteiger partial charge in [0, 0.05) is 53.9 Å². The number of rotatable bonds is 6. The molecule has 4 aromatic rings. The quantitative estimate of drug-likeness (QED) is 0.485. The molecule has 2 N–H and O–H groups in total. The molecule has 2 heterocycles. The summed E-state index contributed by atoms with van der Waals surface area (Å²) in [7, 11) is 0. The van der Waals surface area contributed by atoms with Gasteiger partial charge in [-0.15, -0.1) is 0 Å². The lowest BCUT2D eigenvalue weighted by atomic mass is 10.0. The molecule has 0 saturated heterocycles. The van der Waals surface area contributed by atoms with E-state index in [1.165, 1.54) is 0 Å². The van der Waals surface area contributed by atoms with Gasteiger partial charge in [0.15, 0.2) is 0 Å². The smallest absolute Gasteiger partial charge is 0.251 e. The van der Waals surface area contributed by atoms with Crippen LogP contribution in [0.4, 0.5) is 5.69 Å². The molecule has 0 radical (unpaired) electrons. The van der Waals surface area contributed by atoms with Gasteiger partial charge < -0.3 is 10.6 Å². The number of carbonyl (C=O) groups is 2. The minimum Gasteiger partial charge on any atom is -0.348 e. The van der Waals surface area contributed by atoms with Gasteiger partial charge in [-0.2, -0.15) is 0 Å². The van der Waals surface area contributed by atoms with Gasteiger partial charge in [0.2, 0.25) is 5.91 Å². The second kappa shape index (κ2) is 8.59. The fraction of sp³-hybridized carbons (Fsp3) is 0.154. The maximum absolute atomic E-state index is 12.8. The van der Waals surface area contributed by atoms with Crippen molar-refractivity contribution in [3.63, 3.8) is 0 Å². The van der Waals surface area contributed by atoms with Crippen LogP contribution in [0, 0.1) is 5.92 Å². The Kier molecular flexibility index (Phi) is 5.34. The van der Waals surface area contributed by atoms with Crippen LogP contribution in [0.2, 0.25) is 0 Å². The molecule has 0 spiro atoms. The number of nitrogens with one attached hydrogen (secondary N) is 2. The third-order valence-electron chi connectivity index (χ3n) is 5.81. The molecular weight excluding hydrogens is 400 g/mol. The van der Waals surface area contributed by atoms with Gasteiger partial charge in [0.05, 0.1) is 0 Å². The third-order valence-corrected chi connectivity index (χ3v) is 5.81. The summed E-state index contributed by atoms with van der Waals surface area (Å²) >= 11 is 0. The van der Waals surface area contributed by atoms with E-state index in [9.17, 15) is 9.59 Å². The number of amides is 2. The van der Waals surface area contributed by atoms with Gasteiger partial charge in [0.25, 0.3) is 5.91 Å². The number of hydrogen-bond acceptors (Lipinski definition) is 4. The molecule has 2 aromatic carbocycles. The van der Waals surface area contributed by atoms with Crippen LogP contribution in [-0.2, 0) is 11.3 Å². The highest BCUT2D eigenvalue weighted by Gasteiger charge is 2.44. The second-order valence-corrected chi connectivity index (χ2v) is 8.04. The third kappa shape index (κ3) is 4.34. The molecule has 0 bridgehead atoms. The van der Waals surface area contributed by atoms with Crippen molar-refractivity contribution < 1.29 is 9.59 Å². The molecule has 158 valence electrons. The van der Waals surface area contributed by atoms with Crippen molar-refractivity contribution in [1.29, 1.82) is 0 Å². The van der Waals surface area contributed by atoms with E-state index in [4.69, 9.17) is 0 Å². The lowest BCUT2D eigenvalue weighted by Gasteiger charge is -2.08. The molecule has 1 aliphatic carbocycles. The minimum absolute atomic E-state index is 0.0101. The average Bonchev–Trinajstić information content (AvgIpc) is 3.65. The Bertz CT molecular complexity index is 1290. The Morgan fingerprint density at radius 3 is 2.62 bits per heavy atom. The number of fused-ring (bicyclic) bond motifs is 1. The Morgan fingerprint density at radius 1 is 0.906 bits per heavy atom. The Balaban J connectivity index is 1.21. The van der Waals surface area contributed by atoms with Crippen molar-refractivity contribution in [3.8, 4) is 0 Å². The molecule has 1 aliphatic rings. The van der Waals surface area contributed by atoms with Crippen molar-refractivity contribution in [2.75, 3.05) is 5.32 Å². The maximum Gasteiger partial charge on any atom is 0.251 e. The number of pyridine rings is 2. The van der Waals surface area contributed by atoms with E-state index < -0.39 is 0 Å². The summed E-state index contributed by atoms with van der Waals surface area (Å²) in [5.41, 5.74) is 3.40. The predicted octanol–water partition coefficient (Wildman–Crippen LogP) is 4.30. The summed E-state index contributed by atoms with van der Waals surface area (Å²) in [6, 6.07) is 19.0. The number of aromatic nitrogens is 2. The van der Waals surface area contributed by atoms with Crippen molar-refractivity contribution in [2.24, 2.45) is 5.92 Å². The van der Waals surface area contributed by atoms with E-state index in [1.807, 2.05) is 54.6 Å². The Labute approximate surface area is 185 Å². The van der Waals surface area contributed by atoms with Crippen molar-refractivity contribution in [2.45, 2.75) is 18.9 Å². The van der Waals surface area contributed by atoms with Gasteiger partial charge in [-0.1, -0.05) is 18.2 Å². The molecular formula is C26H22N4O2. The largest absolute Gasteiger partial charge is 0.348 e. The van der Waals surface area contributed by atoms with E-state index in [0.717, 1.165) is 34.0 Å². The topological polar surface area (TPSA) is 84.0 Å². The predicted molar refractivity (Wildman–Crippen MR) is 123 cm³/mol. The molecule has 1 fully saturated rings. The first-order valence-corrected chi connectivity index (χ1v) is 10.6. The van der Waals surface area contributed by atoms with E-state index in [1.54, 1.807) is 30.9 Å². The van der Waals surface area contributed by atoms with Crippen LogP contribution in [-0.4, -0.2) is 21.8 Å². The first kappa shape index (κ1) is 19.9. The molecule has 0 unspecified atom stereocenters. The van der Waals surface area contributed by atoms with Crippen LogP contribution in [0.15, 0.2) is 85.5 Å². The minimum atomic E-state index is -0.129. The van der Waals surface area contributed by atoms with E-state index in [2.05, 4.69) is 20.6 Å². The normalized spacial score (nSPS) is 17.0. The molecule has 1 saturated carbocycles. The highest BCUT2D eigenvalue weighted by Crippen LogP contribution is 2.48. The molecule has 6 nitrogen and oxygen atoms in total. The van der Waals surface area contributed by atoms with E-state index >= 15 is 0 Å². The summed E-state index contributed by atoms with van der Waals surface area (Å²) in [6.45, 7) is 0.446. The highest BCUT2D eigenvalue weighted by molar-refractivity contribution is 5.98. The number of anilines is 1. The standard InChI is InChI=1S/C26H22N4O2/c31-25(29-15-17-6-9-27-10-7-17)20-3-1-2-19(12-20)23-14-24(23)26(32)30-22-5-4-21-16-28-11-8-18(21)13-22/h1-13,16,23-24H,14-15H2,(H,29,31)(H,30,32)/t23-,24+/m0/s1. The number of hydrogen-bond donors (Lipinski definition) is 2. The lowest BCUT2D eigenvalue weighted by Crippen LogP contribution is -2.22. The summed E-state index contributed by atoms with van der Waals surface area (Å²) in [5, 5.41) is 8.03. The molecule has 2 amide bonds. The fourth-order valence-corrected chi connectivity index (χ4v) is 3.94. The second-order valence-electron chi connectivity index (χ2n) is 8.04. The van der Waals surface area contributed by atoms with Crippen molar-refractivity contribution in [3.05, 3.63) is 102 Å². The van der Waals surface area contributed by atoms with Gasteiger partial charge in [0.1, 0.15) is 0 Å². The summed E-state index contributed by atoms with van der Waals surface area (Å²) < 4.78 is 0. The van der Waals surface area contributed by atoms with Gasteiger partial charge >= 0.3 is 0 Å². The molecule has 5 rings (SSSR count). The van der Waals surface area contributed by atoms with Crippen LogP contribution in [0.5, 0.6) is 0 Å². The zero-order chi connectivity index (χ0) is 21.9. The molecule has 2 atom stereocenters. The monoisotopic (exact) mass is 422 g/mol. The first-order valence-electron chi connectivity index (χ1n) is 10.6. The van der Waals surface area contributed by atoms with Gasteiger partial charge in [-0.05, 0) is 71.3 Å². The number of nitrogens with zero attached hydrogens (tertiary/aromatic N) is 2. The zero-order valence-electron chi connectivity index (χ0n) is 17.4. The van der Waals surface area contributed by atoms with Gasteiger partial charge in [-0.3, -0.25) is 19.6 Å². The van der Waals surface area contributed by atoms with Crippen LogP contribution in [0.1, 0.15) is 33.8 Å². The highest BCUT2D eigenvalue weighted by atomic mass is 16.2. The number of benzene rings is 2. The fourth-order valence-electron chi connectivity index (χ4n) is 3.94. The maximum atomic E-state index is 12.8. The molecule has 32 heavy (non-hydrogen) atoms. The lowest BCUT2D eigenvalue weighted by molar-refractivity contribution is -0.117. The van der Waals surface area contributed by atoms with Crippen LogP contribution in [0.3, 0.4) is 0 Å². The van der Waals surface area contributed by atoms with Crippen LogP contribution < -0.4 is 10.6 Å². The average molecular weight is 422 g/mol. The van der Waals surface area contributed by atoms with Crippen molar-refractivity contribution in [1.82, 2.24) is 15.3 Å². The molecule has 0 aliphatic heterocycles. The summed E-state index contributed by atoms with van der Waals surface area (Å²) in [5.74, 6) is -0.0715. The van der Waals surface area contributed by atoms with E-state index in [-0.39, 0.29) is 23.7 Å². The summed E-state index contributed by atoms with van der Waals surface area (Å²) in [6.07, 6.45) is 7.74. The molecule has 6 heteroatoms. The SMILES string of the molecule is O=C(NCc1ccncc1)c1cccc([C@@H]2C[C@H]2C(=O)Nc2ccc3cnccc3c2)c1. The van der Waals surface area contributed by atoms with Crippen LogP contribution in [0.25, 0.3) is 10.8 Å². The first-order chi connectivity index (χ1) is 15.7. The van der Waals surface area contributed by atoms with Crippen LogP contribution >= 0.6 is 0 Å². The Morgan fingerprint density at radius 2 is 1.75 bits per heavy atom. The molecule has 2 aromatic heterocycles. The Hall–Kier alpha value is -4.06. The zero-order valence-corrected chi connectivity index (χ0v) is 17.4. The van der Waals surface area contributed by atoms with E-state index in [0.29, 0.717) is 12.1 Å². The van der Waals surface area contributed by atoms with Gasteiger partial charge in [-0.25, -0.2) is 0 Å². The number of carbonyl (C=O) groups excluding carboxylic acids is 2. The summed E-state index contributed by atoms with van der Waals surface area (Å²) in [4.78, 5) is 33.4. The van der Waals surface area contributed by atoms with Crippen molar-refractivity contribution >= 4 is 28.3 Å².